The molecule has 0 radical (unpaired) electrons. The molecule has 1 saturated carbocycles. The van der Waals surface area contributed by atoms with Crippen molar-refractivity contribution in [2.24, 2.45) is 0 Å². The van der Waals surface area contributed by atoms with E-state index in [0.29, 0.717) is 43.3 Å². The molecule has 1 aliphatic carbocycles. The summed E-state index contributed by atoms with van der Waals surface area (Å²) in [5, 5.41) is 3.81. The van der Waals surface area contributed by atoms with Crippen molar-refractivity contribution in [1.29, 1.82) is 0 Å². The van der Waals surface area contributed by atoms with Crippen molar-refractivity contribution in [2.45, 2.75) is 38.4 Å². The lowest BCUT2D eigenvalue weighted by Gasteiger charge is -2.37. The van der Waals surface area contributed by atoms with E-state index in [9.17, 15) is 14.4 Å². The number of aromatic nitrogens is 2. The lowest BCUT2D eigenvalue weighted by atomic mass is 10.2. The number of benzene rings is 1. The molecular weight excluding hydrogens is 398 g/mol. The molecule has 9 nitrogen and oxygen atoms in total. The van der Waals surface area contributed by atoms with Gasteiger partial charge in [-0.05, 0) is 31.9 Å². The Morgan fingerprint density at radius 1 is 1.19 bits per heavy atom. The average Bonchev–Trinajstić information content (AvgIpc) is 3.52. The summed E-state index contributed by atoms with van der Waals surface area (Å²) < 4.78 is 6.98. The maximum atomic E-state index is 12.8. The first kappa shape index (κ1) is 19.7. The zero-order valence-corrected chi connectivity index (χ0v) is 17.4. The van der Waals surface area contributed by atoms with E-state index in [-0.39, 0.29) is 35.5 Å². The van der Waals surface area contributed by atoms with E-state index in [1.165, 1.54) is 10.9 Å². The van der Waals surface area contributed by atoms with Gasteiger partial charge in [0.2, 0.25) is 17.4 Å². The molecular formula is C22H25N5O4. The Morgan fingerprint density at radius 3 is 2.68 bits per heavy atom. The summed E-state index contributed by atoms with van der Waals surface area (Å²) in [4.78, 5) is 46.1. The topological polar surface area (TPSA) is 101 Å². The number of amides is 2. The van der Waals surface area contributed by atoms with Crippen molar-refractivity contribution >= 4 is 33.9 Å². The van der Waals surface area contributed by atoms with Gasteiger partial charge < -0.3 is 14.6 Å². The van der Waals surface area contributed by atoms with Gasteiger partial charge in [-0.25, -0.2) is 4.98 Å². The molecule has 0 spiro atoms. The molecule has 162 valence electrons. The van der Waals surface area contributed by atoms with Crippen molar-refractivity contribution in [1.82, 2.24) is 24.7 Å². The Kier molecular flexibility index (Phi) is 4.97. The Morgan fingerprint density at radius 2 is 1.94 bits per heavy atom. The van der Waals surface area contributed by atoms with Crippen LogP contribution in [0, 0.1) is 0 Å². The van der Waals surface area contributed by atoms with Gasteiger partial charge in [0, 0.05) is 37.6 Å². The first-order chi connectivity index (χ1) is 15.0. The van der Waals surface area contributed by atoms with Gasteiger partial charge in [-0.2, -0.15) is 0 Å². The molecule has 1 atom stereocenters. The normalized spacial score (nSPS) is 18.4. The second-order valence-corrected chi connectivity index (χ2v) is 8.33. The molecule has 1 N–H and O–H groups in total. The van der Waals surface area contributed by atoms with Gasteiger partial charge >= 0.3 is 0 Å². The smallest absolute Gasteiger partial charge is 0.297 e. The zero-order valence-electron chi connectivity index (χ0n) is 17.4. The van der Waals surface area contributed by atoms with Gasteiger partial charge in [0.25, 0.3) is 5.56 Å². The summed E-state index contributed by atoms with van der Waals surface area (Å²) in [5.74, 6) is -0.0897. The molecule has 0 bridgehead atoms. The number of rotatable bonds is 5. The summed E-state index contributed by atoms with van der Waals surface area (Å²) in [6, 6.07) is 7.48. The Balaban J connectivity index is 1.24. The molecule has 1 aromatic carbocycles. The summed E-state index contributed by atoms with van der Waals surface area (Å²) in [6.07, 6.45) is 3.54. The number of carbonyl (C=O) groups is 2. The fourth-order valence-corrected chi connectivity index (χ4v) is 4.05. The summed E-state index contributed by atoms with van der Waals surface area (Å²) in [7, 11) is 0. The predicted molar refractivity (Wildman–Crippen MR) is 115 cm³/mol. The van der Waals surface area contributed by atoms with Gasteiger partial charge in [-0.1, -0.05) is 12.1 Å². The highest BCUT2D eigenvalue weighted by Crippen LogP contribution is 2.24. The van der Waals surface area contributed by atoms with Crippen molar-refractivity contribution in [3.8, 4) is 0 Å². The molecule has 9 heteroatoms. The molecule has 2 amide bonds. The largest absolute Gasteiger partial charge is 0.448 e. The van der Waals surface area contributed by atoms with Crippen molar-refractivity contribution in [2.75, 3.05) is 26.2 Å². The Bertz CT molecular complexity index is 1200. The molecule has 2 aromatic heterocycles. The summed E-state index contributed by atoms with van der Waals surface area (Å²) in [6.45, 7) is 4.12. The van der Waals surface area contributed by atoms with Gasteiger partial charge in [-0.15, -0.1) is 0 Å². The number of para-hydroxylation sites is 1. The zero-order chi connectivity index (χ0) is 21.5. The molecule has 31 heavy (non-hydrogen) atoms. The molecule has 2 fully saturated rings. The van der Waals surface area contributed by atoms with Crippen LogP contribution in [0.2, 0.25) is 0 Å². The number of carbonyl (C=O) groups excluding carboxylic acids is 2. The lowest BCUT2D eigenvalue weighted by molar-refractivity contribution is -0.134. The third-order valence-corrected chi connectivity index (χ3v) is 6.17. The fraction of sp³-hybridized carbons (Fsp3) is 0.455. The number of piperazine rings is 1. The number of furan rings is 1. The minimum atomic E-state index is -0.362. The van der Waals surface area contributed by atoms with Crippen molar-refractivity contribution in [3.05, 3.63) is 40.9 Å². The lowest BCUT2D eigenvalue weighted by Crippen LogP contribution is -2.55. The van der Waals surface area contributed by atoms with E-state index >= 15 is 0 Å². The standard InChI is InChI=1S/C22H25N5O4/c1-14(21(29)24-15-6-7-15)25-8-10-26(11-9-25)18(28)12-27-13-23-19-16-4-2-3-5-17(16)31-20(19)22(27)30/h2-5,13-15H,6-12H2,1H3,(H,24,29). The monoisotopic (exact) mass is 423 g/mol. The van der Waals surface area contributed by atoms with Crippen molar-refractivity contribution in [3.63, 3.8) is 0 Å². The molecule has 3 aromatic rings. The van der Waals surface area contributed by atoms with Crippen LogP contribution in [0.25, 0.3) is 22.1 Å². The van der Waals surface area contributed by atoms with Crippen LogP contribution in [0.3, 0.4) is 0 Å². The number of hydrogen-bond donors (Lipinski definition) is 1. The highest BCUT2D eigenvalue weighted by atomic mass is 16.3. The van der Waals surface area contributed by atoms with Crippen LogP contribution in [0.5, 0.6) is 0 Å². The second-order valence-electron chi connectivity index (χ2n) is 8.33. The third-order valence-electron chi connectivity index (χ3n) is 6.17. The van der Waals surface area contributed by atoms with Crippen LogP contribution in [-0.4, -0.2) is 69.4 Å². The van der Waals surface area contributed by atoms with Crippen molar-refractivity contribution < 1.29 is 14.0 Å². The minimum Gasteiger partial charge on any atom is -0.448 e. The van der Waals surface area contributed by atoms with E-state index in [1.807, 2.05) is 25.1 Å². The van der Waals surface area contributed by atoms with Gasteiger partial charge in [0.05, 0.1) is 12.4 Å². The van der Waals surface area contributed by atoms with Gasteiger partial charge in [0.1, 0.15) is 17.6 Å². The average molecular weight is 423 g/mol. The van der Waals surface area contributed by atoms with E-state index in [4.69, 9.17) is 4.42 Å². The first-order valence-corrected chi connectivity index (χ1v) is 10.7. The van der Waals surface area contributed by atoms with Gasteiger partial charge in [0.15, 0.2) is 0 Å². The molecule has 2 aliphatic rings. The van der Waals surface area contributed by atoms with E-state index in [2.05, 4.69) is 15.2 Å². The quantitative estimate of drug-likeness (QED) is 0.656. The first-order valence-electron chi connectivity index (χ1n) is 10.7. The van der Waals surface area contributed by atoms with Crippen LogP contribution in [0.1, 0.15) is 19.8 Å². The number of nitrogens with zero attached hydrogens (tertiary/aromatic N) is 4. The molecule has 3 heterocycles. The minimum absolute atomic E-state index is 0.0547. The van der Waals surface area contributed by atoms with Crippen LogP contribution in [0.15, 0.2) is 39.8 Å². The number of hydrogen-bond acceptors (Lipinski definition) is 6. The number of fused-ring (bicyclic) bond motifs is 3. The molecule has 1 aliphatic heterocycles. The molecule has 1 unspecified atom stereocenters. The van der Waals surface area contributed by atoms with Gasteiger partial charge in [-0.3, -0.25) is 23.9 Å². The Labute approximate surface area is 178 Å². The second kappa shape index (κ2) is 7.81. The Hall–Kier alpha value is -3.20. The third kappa shape index (κ3) is 3.81. The molecule has 1 saturated heterocycles. The SMILES string of the molecule is CC(C(=O)NC1CC1)N1CCN(C(=O)Cn2cnc3c(oc4ccccc43)c2=O)CC1. The van der Waals surface area contributed by atoms with E-state index < -0.39 is 0 Å². The van der Waals surface area contributed by atoms with Crippen LogP contribution in [0.4, 0.5) is 0 Å². The van der Waals surface area contributed by atoms with Crippen LogP contribution < -0.4 is 10.9 Å². The highest BCUT2D eigenvalue weighted by molar-refractivity contribution is 6.01. The van der Waals surface area contributed by atoms with E-state index in [1.54, 1.807) is 11.0 Å². The maximum absolute atomic E-state index is 12.8. The van der Waals surface area contributed by atoms with E-state index in [0.717, 1.165) is 18.2 Å². The van der Waals surface area contributed by atoms with Crippen LogP contribution >= 0.6 is 0 Å². The summed E-state index contributed by atoms with van der Waals surface area (Å²) in [5.41, 5.74) is 0.911. The summed E-state index contributed by atoms with van der Waals surface area (Å²) >= 11 is 0. The molecule has 5 rings (SSSR count). The highest BCUT2D eigenvalue weighted by Gasteiger charge is 2.31. The fourth-order valence-electron chi connectivity index (χ4n) is 4.05. The predicted octanol–water partition coefficient (Wildman–Crippen LogP) is 0.954. The van der Waals surface area contributed by atoms with Crippen LogP contribution in [-0.2, 0) is 16.1 Å². The number of nitrogens with one attached hydrogen (secondary N) is 1. The maximum Gasteiger partial charge on any atom is 0.297 e.